The molecule has 0 aromatic carbocycles. The van der Waals surface area contributed by atoms with Crippen LogP contribution in [0.1, 0.15) is 38.2 Å². The molecule has 1 saturated heterocycles. The first kappa shape index (κ1) is 11.4. The number of hydrogen-bond donors (Lipinski definition) is 1. The highest BCUT2D eigenvalue weighted by Crippen LogP contribution is 2.25. The number of pyridine rings is 1. The van der Waals surface area contributed by atoms with Gasteiger partial charge in [0.25, 0.3) is 0 Å². The fourth-order valence-corrected chi connectivity index (χ4v) is 2.28. The Morgan fingerprint density at radius 2 is 2.38 bits per heavy atom. The van der Waals surface area contributed by atoms with Crippen molar-refractivity contribution in [2.45, 2.75) is 38.6 Å². The zero-order valence-corrected chi connectivity index (χ0v) is 10.1. The van der Waals surface area contributed by atoms with Crippen molar-refractivity contribution < 1.29 is 5.11 Å². The van der Waals surface area contributed by atoms with Crippen LogP contribution in [0.15, 0.2) is 18.3 Å². The first-order chi connectivity index (χ1) is 7.72. The Morgan fingerprint density at radius 1 is 1.56 bits per heavy atom. The molecule has 0 aliphatic carbocycles. The Labute approximate surface area is 97.1 Å². The van der Waals surface area contributed by atoms with Crippen LogP contribution in [-0.2, 0) is 0 Å². The number of hydrogen-bond acceptors (Lipinski definition) is 3. The molecule has 0 saturated carbocycles. The van der Waals surface area contributed by atoms with Crippen molar-refractivity contribution in [1.82, 2.24) is 4.98 Å². The molecule has 1 atom stereocenters. The highest BCUT2D eigenvalue weighted by atomic mass is 16.3. The summed E-state index contributed by atoms with van der Waals surface area (Å²) in [4.78, 5) is 6.64. The van der Waals surface area contributed by atoms with Crippen LogP contribution in [0.2, 0.25) is 0 Å². The summed E-state index contributed by atoms with van der Waals surface area (Å²) in [6.07, 6.45) is 4.10. The summed E-state index contributed by atoms with van der Waals surface area (Å²) in [6, 6.07) is 4.48. The van der Waals surface area contributed by atoms with Crippen LogP contribution in [0.4, 0.5) is 5.82 Å². The van der Waals surface area contributed by atoms with E-state index < -0.39 is 0 Å². The molecule has 0 spiro atoms. The van der Waals surface area contributed by atoms with Crippen LogP contribution in [0.5, 0.6) is 0 Å². The zero-order valence-electron chi connectivity index (χ0n) is 10.1. The van der Waals surface area contributed by atoms with E-state index in [0.29, 0.717) is 5.92 Å². The topological polar surface area (TPSA) is 36.4 Å². The van der Waals surface area contributed by atoms with Gasteiger partial charge < -0.3 is 10.0 Å². The molecule has 0 bridgehead atoms. The van der Waals surface area contributed by atoms with E-state index in [9.17, 15) is 5.11 Å². The fraction of sp³-hybridized carbons (Fsp3) is 0.615. The summed E-state index contributed by atoms with van der Waals surface area (Å²) in [5.74, 6) is 1.54. The largest absolute Gasteiger partial charge is 0.394 e. The molecular formula is C13H20N2O. The van der Waals surface area contributed by atoms with Gasteiger partial charge in [0, 0.05) is 12.7 Å². The lowest BCUT2D eigenvalue weighted by Gasteiger charge is -2.24. The lowest BCUT2D eigenvalue weighted by molar-refractivity contribution is 0.266. The van der Waals surface area contributed by atoms with Crippen LogP contribution in [-0.4, -0.2) is 29.3 Å². The molecular weight excluding hydrogens is 200 g/mol. The Morgan fingerprint density at radius 3 is 3.06 bits per heavy atom. The average molecular weight is 220 g/mol. The normalized spacial score (nSPS) is 20.8. The standard InChI is InChI=1S/C13H20N2O/c1-10(2)11-5-6-14-13(8-11)15-7-3-4-12(15)9-16/h5-6,8,10,12,16H,3-4,7,9H2,1-2H3/t12-/m1/s1. The maximum Gasteiger partial charge on any atom is 0.129 e. The first-order valence-electron chi connectivity index (χ1n) is 6.06. The van der Waals surface area contributed by atoms with Crippen molar-refractivity contribution >= 4 is 5.82 Å². The van der Waals surface area contributed by atoms with Gasteiger partial charge in [0.15, 0.2) is 0 Å². The summed E-state index contributed by atoms with van der Waals surface area (Å²) in [7, 11) is 0. The molecule has 0 amide bonds. The SMILES string of the molecule is CC(C)c1ccnc(N2CCC[C@@H]2CO)c1. The molecule has 88 valence electrons. The zero-order chi connectivity index (χ0) is 11.5. The molecule has 0 radical (unpaired) electrons. The second-order valence-corrected chi connectivity index (χ2v) is 4.77. The van der Waals surface area contributed by atoms with Crippen LogP contribution in [0, 0.1) is 0 Å². The minimum absolute atomic E-state index is 0.230. The van der Waals surface area contributed by atoms with Crippen molar-refractivity contribution in [3.63, 3.8) is 0 Å². The third-order valence-corrected chi connectivity index (χ3v) is 3.32. The van der Waals surface area contributed by atoms with E-state index in [1.54, 1.807) is 0 Å². The lowest BCUT2D eigenvalue weighted by atomic mass is 10.0. The highest BCUT2D eigenvalue weighted by molar-refractivity contribution is 5.44. The monoisotopic (exact) mass is 220 g/mol. The van der Waals surface area contributed by atoms with Gasteiger partial charge >= 0.3 is 0 Å². The minimum atomic E-state index is 0.230. The number of aromatic nitrogens is 1. The maximum atomic E-state index is 9.31. The predicted octanol–water partition coefficient (Wildman–Crippen LogP) is 2.17. The van der Waals surface area contributed by atoms with Crippen LogP contribution < -0.4 is 4.90 Å². The van der Waals surface area contributed by atoms with Gasteiger partial charge in [0.2, 0.25) is 0 Å². The van der Waals surface area contributed by atoms with Crippen LogP contribution in [0.25, 0.3) is 0 Å². The van der Waals surface area contributed by atoms with Gasteiger partial charge in [-0.1, -0.05) is 13.8 Å². The molecule has 1 aliphatic heterocycles. The first-order valence-corrected chi connectivity index (χ1v) is 6.06. The van der Waals surface area contributed by atoms with E-state index in [-0.39, 0.29) is 12.6 Å². The molecule has 1 aromatic rings. The van der Waals surface area contributed by atoms with Crippen molar-refractivity contribution in [2.24, 2.45) is 0 Å². The number of rotatable bonds is 3. The minimum Gasteiger partial charge on any atom is -0.394 e. The molecule has 16 heavy (non-hydrogen) atoms. The quantitative estimate of drug-likeness (QED) is 0.848. The van der Waals surface area contributed by atoms with Crippen molar-refractivity contribution in [3.8, 4) is 0 Å². The van der Waals surface area contributed by atoms with Crippen LogP contribution in [0.3, 0.4) is 0 Å². The number of anilines is 1. The van der Waals surface area contributed by atoms with Gasteiger partial charge in [-0.3, -0.25) is 0 Å². The van der Waals surface area contributed by atoms with E-state index in [2.05, 4.69) is 35.9 Å². The smallest absolute Gasteiger partial charge is 0.129 e. The number of nitrogens with zero attached hydrogens (tertiary/aromatic N) is 2. The Balaban J connectivity index is 2.22. The molecule has 1 aliphatic rings. The lowest BCUT2D eigenvalue weighted by Crippen LogP contribution is -2.32. The maximum absolute atomic E-state index is 9.31. The molecule has 0 unspecified atom stereocenters. The highest BCUT2D eigenvalue weighted by Gasteiger charge is 2.24. The average Bonchev–Trinajstić information content (AvgIpc) is 2.77. The Hall–Kier alpha value is -1.09. The second-order valence-electron chi connectivity index (χ2n) is 4.77. The predicted molar refractivity (Wildman–Crippen MR) is 65.8 cm³/mol. The van der Waals surface area contributed by atoms with E-state index in [1.165, 1.54) is 5.56 Å². The molecule has 1 aromatic heterocycles. The van der Waals surface area contributed by atoms with E-state index in [4.69, 9.17) is 0 Å². The van der Waals surface area contributed by atoms with E-state index >= 15 is 0 Å². The fourth-order valence-electron chi connectivity index (χ4n) is 2.28. The molecule has 2 heterocycles. The summed E-state index contributed by atoms with van der Waals surface area (Å²) in [6.45, 7) is 5.62. The molecule has 2 rings (SSSR count). The van der Waals surface area contributed by atoms with Gasteiger partial charge in [-0.25, -0.2) is 4.98 Å². The van der Waals surface area contributed by atoms with Gasteiger partial charge in [-0.2, -0.15) is 0 Å². The number of aliphatic hydroxyl groups is 1. The second kappa shape index (κ2) is 4.83. The number of aliphatic hydroxyl groups excluding tert-OH is 1. The van der Waals surface area contributed by atoms with Gasteiger partial charge in [-0.05, 0) is 36.5 Å². The van der Waals surface area contributed by atoms with E-state index in [1.807, 2.05) is 6.20 Å². The van der Waals surface area contributed by atoms with Crippen molar-refractivity contribution in [2.75, 3.05) is 18.1 Å². The molecule has 1 fully saturated rings. The Kier molecular flexibility index (Phi) is 3.44. The van der Waals surface area contributed by atoms with E-state index in [0.717, 1.165) is 25.2 Å². The molecule has 3 heteroatoms. The summed E-state index contributed by atoms with van der Waals surface area (Å²) < 4.78 is 0. The van der Waals surface area contributed by atoms with Crippen molar-refractivity contribution in [1.29, 1.82) is 0 Å². The van der Waals surface area contributed by atoms with Gasteiger partial charge in [0.05, 0.1) is 12.6 Å². The Bertz CT molecular complexity index is 352. The molecule has 3 nitrogen and oxygen atoms in total. The molecule has 1 N–H and O–H groups in total. The van der Waals surface area contributed by atoms with Crippen LogP contribution >= 0.6 is 0 Å². The summed E-state index contributed by atoms with van der Waals surface area (Å²) in [5.41, 5.74) is 1.31. The summed E-state index contributed by atoms with van der Waals surface area (Å²) >= 11 is 0. The third kappa shape index (κ3) is 2.19. The van der Waals surface area contributed by atoms with Crippen molar-refractivity contribution in [3.05, 3.63) is 23.9 Å². The summed E-state index contributed by atoms with van der Waals surface area (Å²) in [5, 5.41) is 9.31. The van der Waals surface area contributed by atoms with Gasteiger partial charge in [-0.15, -0.1) is 0 Å². The van der Waals surface area contributed by atoms with Gasteiger partial charge in [0.1, 0.15) is 5.82 Å². The third-order valence-electron chi connectivity index (χ3n) is 3.32.